The zero-order valence-corrected chi connectivity index (χ0v) is 16.0. The predicted molar refractivity (Wildman–Crippen MR) is 107 cm³/mol. The fourth-order valence-electron chi connectivity index (χ4n) is 3.72. The summed E-state index contributed by atoms with van der Waals surface area (Å²) in [6, 6.07) is 17.2. The fraction of sp³-hybridized carbons (Fsp3) is 0.261. The number of fused-ring (bicyclic) bond motifs is 1. The average molecular weight is 390 g/mol. The van der Waals surface area contributed by atoms with Gasteiger partial charge in [0.05, 0.1) is 12.1 Å². The van der Waals surface area contributed by atoms with Gasteiger partial charge in [-0.15, -0.1) is 0 Å². The molecule has 1 atom stereocenters. The first-order valence-electron chi connectivity index (χ1n) is 9.70. The third-order valence-corrected chi connectivity index (χ3v) is 5.24. The maximum absolute atomic E-state index is 12.7. The van der Waals surface area contributed by atoms with Gasteiger partial charge in [-0.05, 0) is 17.5 Å². The van der Waals surface area contributed by atoms with E-state index in [1.165, 1.54) is 0 Å². The minimum absolute atomic E-state index is 0.0411. The van der Waals surface area contributed by atoms with E-state index in [0.717, 1.165) is 16.7 Å². The molecule has 1 aromatic heterocycles. The van der Waals surface area contributed by atoms with E-state index in [1.54, 1.807) is 11.1 Å². The zero-order valence-electron chi connectivity index (χ0n) is 16.0. The number of aryl methyl sites for hydroxylation is 1. The van der Waals surface area contributed by atoms with Crippen molar-refractivity contribution in [3.05, 3.63) is 77.8 Å². The predicted octanol–water partition coefficient (Wildman–Crippen LogP) is 3.87. The van der Waals surface area contributed by atoms with E-state index in [-0.39, 0.29) is 12.5 Å². The topological polar surface area (TPSA) is 83.6 Å². The molecule has 0 radical (unpaired) electrons. The number of carboxylic acid groups (broad SMARTS) is 1. The Morgan fingerprint density at radius 2 is 1.86 bits per heavy atom. The molecule has 0 aliphatic carbocycles. The number of carbonyl (C=O) groups excluding carboxylic acids is 1. The van der Waals surface area contributed by atoms with E-state index in [2.05, 4.69) is 4.98 Å². The Balaban J connectivity index is 1.35. The van der Waals surface area contributed by atoms with Crippen molar-refractivity contribution in [1.29, 1.82) is 0 Å². The van der Waals surface area contributed by atoms with E-state index in [0.29, 0.717) is 37.5 Å². The van der Waals surface area contributed by atoms with Crippen LogP contribution >= 0.6 is 0 Å². The van der Waals surface area contributed by atoms with Crippen LogP contribution in [0.5, 0.6) is 0 Å². The van der Waals surface area contributed by atoms with Crippen LogP contribution in [0.1, 0.15) is 35.8 Å². The number of oxazole rings is 1. The minimum Gasteiger partial charge on any atom is -0.481 e. The van der Waals surface area contributed by atoms with Gasteiger partial charge in [0.2, 0.25) is 5.91 Å². The molecule has 0 spiro atoms. The maximum Gasteiger partial charge on any atom is 0.312 e. The zero-order chi connectivity index (χ0) is 20.2. The number of benzene rings is 2. The lowest BCUT2D eigenvalue weighted by Gasteiger charge is -2.32. The van der Waals surface area contributed by atoms with E-state index >= 15 is 0 Å². The molecule has 1 unspecified atom stereocenters. The van der Waals surface area contributed by atoms with Gasteiger partial charge in [-0.2, -0.15) is 0 Å². The van der Waals surface area contributed by atoms with Crippen LogP contribution < -0.4 is 0 Å². The summed E-state index contributed by atoms with van der Waals surface area (Å²) in [7, 11) is 0. The Kier molecular flexibility index (Phi) is 5.42. The van der Waals surface area contributed by atoms with E-state index < -0.39 is 11.9 Å². The van der Waals surface area contributed by atoms with Gasteiger partial charge in [0.1, 0.15) is 0 Å². The SMILES string of the molecule is O=C(O)C1CN(C(=O)CCCc2ncc(-c3ccccc3)o2)Cc2ccccc21. The van der Waals surface area contributed by atoms with Gasteiger partial charge in [0, 0.05) is 31.5 Å². The molecule has 2 aromatic carbocycles. The van der Waals surface area contributed by atoms with Gasteiger partial charge in [-0.3, -0.25) is 9.59 Å². The molecule has 0 fully saturated rings. The number of hydrogen-bond acceptors (Lipinski definition) is 4. The largest absolute Gasteiger partial charge is 0.481 e. The average Bonchev–Trinajstić information content (AvgIpc) is 3.22. The van der Waals surface area contributed by atoms with Crippen molar-refractivity contribution in [2.24, 2.45) is 0 Å². The molecule has 2 heterocycles. The summed E-state index contributed by atoms with van der Waals surface area (Å²) < 4.78 is 5.78. The van der Waals surface area contributed by atoms with Gasteiger partial charge in [0.15, 0.2) is 11.7 Å². The third-order valence-electron chi connectivity index (χ3n) is 5.24. The monoisotopic (exact) mass is 390 g/mol. The van der Waals surface area contributed by atoms with Crippen LogP contribution in [-0.2, 0) is 22.6 Å². The first kappa shape index (κ1) is 18.9. The number of carbonyl (C=O) groups is 2. The lowest BCUT2D eigenvalue weighted by molar-refractivity contribution is -0.141. The molecule has 1 N–H and O–H groups in total. The third kappa shape index (κ3) is 4.21. The second-order valence-corrected chi connectivity index (χ2v) is 7.20. The second-order valence-electron chi connectivity index (χ2n) is 7.20. The van der Waals surface area contributed by atoms with Crippen LogP contribution in [0, 0.1) is 0 Å². The van der Waals surface area contributed by atoms with Crippen LogP contribution in [0.25, 0.3) is 11.3 Å². The van der Waals surface area contributed by atoms with Crippen LogP contribution in [0.3, 0.4) is 0 Å². The molecule has 148 valence electrons. The van der Waals surface area contributed by atoms with Crippen molar-refractivity contribution in [3.63, 3.8) is 0 Å². The maximum atomic E-state index is 12.7. The molecule has 0 saturated heterocycles. The van der Waals surface area contributed by atoms with Gasteiger partial charge in [-0.25, -0.2) is 4.98 Å². The quantitative estimate of drug-likeness (QED) is 0.691. The van der Waals surface area contributed by atoms with Crippen molar-refractivity contribution in [2.75, 3.05) is 6.54 Å². The Bertz CT molecular complexity index is 1010. The van der Waals surface area contributed by atoms with E-state index in [9.17, 15) is 14.7 Å². The van der Waals surface area contributed by atoms with Crippen LogP contribution in [0.4, 0.5) is 0 Å². The summed E-state index contributed by atoms with van der Waals surface area (Å²) in [6.07, 6.45) is 3.19. The summed E-state index contributed by atoms with van der Waals surface area (Å²) in [5, 5.41) is 9.55. The number of aliphatic carboxylic acids is 1. The summed E-state index contributed by atoms with van der Waals surface area (Å²) in [4.78, 5) is 30.3. The van der Waals surface area contributed by atoms with Crippen molar-refractivity contribution < 1.29 is 19.1 Å². The molecule has 4 rings (SSSR count). The lowest BCUT2D eigenvalue weighted by atomic mass is 9.89. The smallest absolute Gasteiger partial charge is 0.312 e. The highest BCUT2D eigenvalue weighted by Crippen LogP contribution is 2.29. The van der Waals surface area contributed by atoms with Crippen LogP contribution in [0.15, 0.2) is 65.2 Å². The molecule has 1 aliphatic heterocycles. The molecule has 0 bridgehead atoms. The molecular formula is C23H22N2O4. The Morgan fingerprint density at radius 1 is 1.10 bits per heavy atom. The number of nitrogens with zero attached hydrogens (tertiary/aromatic N) is 2. The Morgan fingerprint density at radius 3 is 2.66 bits per heavy atom. The number of amides is 1. The number of hydrogen-bond donors (Lipinski definition) is 1. The Labute approximate surface area is 168 Å². The van der Waals surface area contributed by atoms with Crippen molar-refractivity contribution in [1.82, 2.24) is 9.88 Å². The van der Waals surface area contributed by atoms with Crippen LogP contribution in [0.2, 0.25) is 0 Å². The fourth-order valence-corrected chi connectivity index (χ4v) is 3.72. The number of rotatable bonds is 6. The highest BCUT2D eigenvalue weighted by atomic mass is 16.4. The first-order valence-corrected chi connectivity index (χ1v) is 9.70. The second kappa shape index (κ2) is 8.31. The molecule has 1 aliphatic rings. The molecular weight excluding hydrogens is 368 g/mol. The summed E-state index contributed by atoms with van der Waals surface area (Å²) in [5.41, 5.74) is 2.67. The summed E-state index contributed by atoms with van der Waals surface area (Å²) in [6.45, 7) is 0.665. The van der Waals surface area contributed by atoms with E-state index in [1.807, 2.05) is 54.6 Å². The minimum atomic E-state index is -0.900. The van der Waals surface area contributed by atoms with Gasteiger partial charge in [-0.1, -0.05) is 54.6 Å². The standard InChI is InChI=1S/C23H22N2O4/c26-22(25-14-17-9-4-5-10-18(17)19(15-25)23(27)28)12-6-11-21-24-13-20(29-21)16-7-2-1-3-8-16/h1-5,7-10,13,19H,6,11-12,14-15H2,(H,27,28). The normalized spacial score (nSPS) is 15.7. The number of carboxylic acids is 1. The first-order chi connectivity index (χ1) is 14.1. The molecule has 0 saturated carbocycles. The number of aromatic nitrogens is 1. The molecule has 6 heteroatoms. The van der Waals surface area contributed by atoms with Gasteiger partial charge in [0.25, 0.3) is 0 Å². The summed E-state index contributed by atoms with van der Waals surface area (Å²) >= 11 is 0. The van der Waals surface area contributed by atoms with Crippen LogP contribution in [-0.4, -0.2) is 33.4 Å². The highest BCUT2D eigenvalue weighted by molar-refractivity contribution is 5.81. The molecule has 6 nitrogen and oxygen atoms in total. The highest BCUT2D eigenvalue weighted by Gasteiger charge is 2.32. The van der Waals surface area contributed by atoms with Crippen molar-refractivity contribution in [3.8, 4) is 11.3 Å². The molecule has 3 aromatic rings. The summed E-state index contributed by atoms with van der Waals surface area (Å²) in [5.74, 6) is -0.305. The van der Waals surface area contributed by atoms with Gasteiger partial charge < -0.3 is 14.4 Å². The van der Waals surface area contributed by atoms with Crippen molar-refractivity contribution >= 4 is 11.9 Å². The van der Waals surface area contributed by atoms with Crippen molar-refractivity contribution in [2.45, 2.75) is 31.7 Å². The Hall–Kier alpha value is -3.41. The molecule has 29 heavy (non-hydrogen) atoms. The lowest BCUT2D eigenvalue weighted by Crippen LogP contribution is -2.40. The molecule has 1 amide bonds. The van der Waals surface area contributed by atoms with E-state index in [4.69, 9.17) is 4.42 Å². The van der Waals surface area contributed by atoms with Gasteiger partial charge >= 0.3 is 5.97 Å².